The van der Waals surface area contributed by atoms with Crippen LogP contribution in [0.2, 0.25) is 0 Å². The van der Waals surface area contributed by atoms with Gasteiger partial charge in [-0.1, -0.05) is 0 Å². The molecule has 8 heteroatoms. The number of nitrogens with two attached hydrogens (primary N) is 1. The van der Waals surface area contributed by atoms with Crippen molar-refractivity contribution in [2.45, 2.75) is 6.92 Å². The number of nitrogen functional groups attached to an aromatic ring is 1. The molecule has 100 valence electrons. The van der Waals surface area contributed by atoms with Gasteiger partial charge in [-0.2, -0.15) is 9.97 Å². The van der Waals surface area contributed by atoms with Crippen LogP contribution in [-0.4, -0.2) is 21.6 Å². The van der Waals surface area contributed by atoms with Crippen LogP contribution in [0.25, 0.3) is 0 Å². The lowest BCUT2D eigenvalue weighted by Gasteiger charge is -2.06. The molecule has 0 saturated carbocycles. The van der Waals surface area contributed by atoms with Crippen molar-refractivity contribution in [3.63, 3.8) is 0 Å². The fourth-order valence-corrected chi connectivity index (χ4v) is 1.24. The number of aromatic nitrogens is 3. The van der Waals surface area contributed by atoms with Crippen molar-refractivity contribution in [1.82, 2.24) is 15.0 Å². The summed E-state index contributed by atoms with van der Waals surface area (Å²) < 4.78 is 36.0. The number of hydrogen-bond acceptors (Lipinski definition) is 6. The van der Waals surface area contributed by atoms with Crippen LogP contribution in [-0.2, 0) is 0 Å². The SMILES string of the molecule is CCOc1nc(N)nc(Oc2ccc(F)c(F)c2)n1. The molecular weight excluding hydrogens is 258 g/mol. The highest BCUT2D eigenvalue weighted by Gasteiger charge is 2.09. The van der Waals surface area contributed by atoms with Gasteiger partial charge in [-0.3, -0.25) is 0 Å². The number of rotatable bonds is 4. The first-order chi connectivity index (χ1) is 9.08. The number of anilines is 1. The lowest BCUT2D eigenvalue weighted by atomic mass is 10.3. The molecule has 0 aliphatic heterocycles. The quantitative estimate of drug-likeness (QED) is 0.912. The Morgan fingerprint density at radius 1 is 1.11 bits per heavy atom. The molecule has 0 amide bonds. The summed E-state index contributed by atoms with van der Waals surface area (Å²) in [5.41, 5.74) is 5.44. The molecule has 0 spiro atoms. The minimum atomic E-state index is -1.04. The van der Waals surface area contributed by atoms with Gasteiger partial charge in [-0.05, 0) is 19.1 Å². The van der Waals surface area contributed by atoms with E-state index in [0.29, 0.717) is 6.61 Å². The van der Waals surface area contributed by atoms with Gasteiger partial charge in [0.15, 0.2) is 11.6 Å². The molecule has 1 aromatic carbocycles. The van der Waals surface area contributed by atoms with Crippen LogP contribution in [0.1, 0.15) is 6.92 Å². The molecule has 2 aromatic rings. The Kier molecular flexibility index (Phi) is 3.69. The van der Waals surface area contributed by atoms with Crippen LogP contribution in [0.3, 0.4) is 0 Å². The normalized spacial score (nSPS) is 10.3. The second kappa shape index (κ2) is 5.42. The molecule has 0 bridgehead atoms. The van der Waals surface area contributed by atoms with Crippen molar-refractivity contribution in [1.29, 1.82) is 0 Å². The van der Waals surface area contributed by atoms with Gasteiger partial charge >= 0.3 is 12.0 Å². The predicted molar refractivity (Wildman–Crippen MR) is 61.8 cm³/mol. The van der Waals surface area contributed by atoms with Crippen LogP contribution >= 0.6 is 0 Å². The fraction of sp³-hybridized carbons (Fsp3) is 0.182. The van der Waals surface area contributed by atoms with E-state index in [2.05, 4.69) is 15.0 Å². The first kappa shape index (κ1) is 12.9. The molecule has 19 heavy (non-hydrogen) atoms. The second-order valence-corrected chi connectivity index (χ2v) is 3.37. The molecule has 2 N–H and O–H groups in total. The Balaban J connectivity index is 2.24. The summed E-state index contributed by atoms with van der Waals surface area (Å²) in [7, 11) is 0. The summed E-state index contributed by atoms with van der Waals surface area (Å²) >= 11 is 0. The standard InChI is InChI=1S/C11H10F2N4O2/c1-2-18-10-15-9(14)16-11(17-10)19-6-3-4-7(12)8(13)5-6/h3-5H,2H2,1H3,(H2,14,15,16,17). The third kappa shape index (κ3) is 3.24. The van der Waals surface area contributed by atoms with Gasteiger partial charge < -0.3 is 15.2 Å². The van der Waals surface area contributed by atoms with Crippen molar-refractivity contribution in [3.05, 3.63) is 29.8 Å². The van der Waals surface area contributed by atoms with E-state index in [9.17, 15) is 8.78 Å². The molecular formula is C11H10F2N4O2. The molecule has 0 aliphatic carbocycles. The van der Waals surface area contributed by atoms with Crippen LogP contribution in [0, 0.1) is 11.6 Å². The average Bonchev–Trinajstić information content (AvgIpc) is 2.33. The smallest absolute Gasteiger partial charge is 0.330 e. The molecule has 1 aromatic heterocycles. The van der Waals surface area contributed by atoms with Gasteiger partial charge in [-0.25, -0.2) is 8.78 Å². The summed E-state index contributed by atoms with van der Waals surface area (Å²) in [6.45, 7) is 2.09. The zero-order chi connectivity index (χ0) is 13.8. The minimum absolute atomic E-state index is 0.00687. The zero-order valence-corrected chi connectivity index (χ0v) is 9.93. The molecule has 0 saturated heterocycles. The molecule has 2 rings (SSSR count). The van der Waals surface area contributed by atoms with Gasteiger partial charge in [0.2, 0.25) is 5.95 Å². The fourth-order valence-electron chi connectivity index (χ4n) is 1.24. The summed E-state index contributed by atoms with van der Waals surface area (Å²) in [5.74, 6) is -2.08. The lowest BCUT2D eigenvalue weighted by Crippen LogP contribution is -2.04. The molecule has 0 atom stereocenters. The molecule has 1 heterocycles. The molecule has 6 nitrogen and oxygen atoms in total. The van der Waals surface area contributed by atoms with E-state index in [1.165, 1.54) is 6.07 Å². The van der Waals surface area contributed by atoms with Gasteiger partial charge in [0.05, 0.1) is 6.61 Å². The van der Waals surface area contributed by atoms with E-state index in [4.69, 9.17) is 15.2 Å². The zero-order valence-electron chi connectivity index (χ0n) is 9.93. The van der Waals surface area contributed by atoms with Crippen molar-refractivity contribution in [2.24, 2.45) is 0 Å². The van der Waals surface area contributed by atoms with Crippen molar-refractivity contribution in [2.75, 3.05) is 12.3 Å². The van der Waals surface area contributed by atoms with Gasteiger partial charge in [0.25, 0.3) is 0 Å². The Bertz CT molecular complexity index is 595. The summed E-state index contributed by atoms with van der Waals surface area (Å²) in [5, 5.41) is 0. The number of ether oxygens (including phenoxy) is 2. The Morgan fingerprint density at radius 3 is 2.53 bits per heavy atom. The third-order valence-corrected chi connectivity index (χ3v) is 1.99. The predicted octanol–water partition coefficient (Wildman–Crippen LogP) is 1.92. The van der Waals surface area contributed by atoms with E-state index in [-0.39, 0.29) is 23.7 Å². The molecule has 0 radical (unpaired) electrons. The van der Waals surface area contributed by atoms with Crippen LogP contribution in [0.4, 0.5) is 14.7 Å². The Labute approximate surface area is 107 Å². The Hall–Kier alpha value is -2.51. The average molecular weight is 268 g/mol. The number of benzene rings is 1. The Morgan fingerprint density at radius 2 is 1.84 bits per heavy atom. The van der Waals surface area contributed by atoms with Gasteiger partial charge in [0, 0.05) is 6.07 Å². The molecule has 0 aliphatic rings. The van der Waals surface area contributed by atoms with E-state index in [1.54, 1.807) is 6.92 Å². The van der Waals surface area contributed by atoms with Gasteiger partial charge in [-0.15, -0.1) is 4.98 Å². The summed E-state index contributed by atoms with van der Waals surface area (Å²) in [6, 6.07) is 2.86. The highest BCUT2D eigenvalue weighted by Crippen LogP contribution is 2.21. The van der Waals surface area contributed by atoms with Crippen molar-refractivity contribution < 1.29 is 18.3 Å². The topological polar surface area (TPSA) is 83.2 Å². The second-order valence-electron chi connectivity index (χ2n) is 3.37. The lowest BCUT2D eigenvalue weighted by molar-refractivity contribution is 0.304. The van der Waals surface area contributed by atoms with Crippen molar-refractivity contribution in [3.8, 4) is 17.8 Å². The van der Waals surface area contributed by atoms with Crippen LogP contribution in [0.5, 0.6) is 17.8 Å². The number of halogens is 2. The summed E-state index contributed by atoms with van der Waals surface area (Å²) in [6.07, 6.45) is 0. The van der Waals surface area contributed by atoms with Gasteiger partial charge in [0.1, 0.15) is 5.75 Å². The van der Waals surface area contributed by atoms with E-state index < -0.39 is 11.6 Å². The largest absolute Gasteiger partial charge is 0.464 e. The van der Waals surface area contributed by atoms with E-state index in [1.807, 2.05) is 0 Å². The molecule has 0 fully saturated rings. The first-order valence-corrected chi connectivity index (χ1v) is 5.35. The highest BCUT2D eigenvalue weighted by molar-refractivity contribution is 5.28. The van der Waals surface area contributed by atoms with E-state index >= 15 is 0 Å². The number of nitrogens with zero attached hydrogens (tertiary/aromatic N) is 3. The first-order valence-electron chi connectivity index (χ1n) is 5.35. The van der Waals surface area contributed by atoms with Crippen LogP contribution < -0.4 is 15.2 Å². The molecule has 0 unspecified atom stereocenters. The third-order valence-electron chi connectivity index (χ3n) is 1.99. The maximum atomic E-state index is 13.0. The highest BCUT2D eigenvalue weighted by atomic mass is 19.2. The van der Waals surface area contributed by atoms with Crippen molar-refractivity contribution >= 4 is 5.95 Å². The van der Waals surface area contributed by atoms with Crippen LogP contribution in [0.15, 0.2) is 18.2 Å². The minimum Gasteiger partial charge on any atom is -0.464 e. The maximum Gasteiger partial charge on any atom is 0.330 e. The van der Waals surface area contributed by atoms with E-state index in [0.717, 1.165) is 12.1 Å². The monoisotopic (exact) mass is 268 g/mol. The maximum absolute atomic E-state index is 13.0. The summed E-state index contributed by atoms with van der Waals surface area (Å²) in [4.78, 5) is 11.2. The number of hydrogen-bond donors (Lipinski definition) is 1.